The second-order valence-electron chi connectivity index (χ2n) is 5.80. The van der Waals surface area contributed by atoms with Gasteiger partial charge in [0.2, 0.25) is 10.0 Å². The minimum atomic E-state index is -3.63. The van der Waals surface area contributed by atoms with Gasteiger partial charge in [-0.2, -0.15) is 0 Å². The summed E-state index contributed by atoms with van der Waals surface area (Å²) in [5.41, 5.74) is 5.60. The van der Waals surface area contributed by atoms with Gasteiger partial charge in [-0.3, -0.25) is 0 Å². The summed E-state index contributed by atoms with van der Waals surface area (Å²) in [6.45, 7) is 6.09. The summed E-state index contributed by atoms with van der Waals surface area (Å²) >= 11 is 0. The van der Waals surface area contributed by atoms with Crippen LogP contribution in [0.4, 0.5) is 4.39 Å². The average Bonchev–Trinajstić information content (AvgIpc) is 2.37. The quantitative estimate of drug-likeness (QED) is 0.774. The molecule has 0 amide bonds. The molecule has 0 fully saturated rings. The van der Waals surface area contributed by atoms with E-state index in [9.17, 15) is 12.8 Å². The lowest BCUT2D eigenvalue weighted by molar-refractivity contribution is 0.488. The number of rotatable bonds is 8. The van der Waals surface area contributed by atoms with Crippen molar-refractivity contribution in [1.29, 1.82) is 0 Å². The van der Waals surface area contributed by atoms with Gasteiger partial charge in [-0.1, -0.05) is 26.7 Å². The second-order valence-corrected chi connectivity index (χ2v) is 7.52. The summed E-state index contributed by atoms with van der Waals surface area (Å²) in [5, 5.41) is 0. The van der Waals surface area contributed by atoms with Crippen molar-refractivity contribution < 1.29 is 12.8 Å². The summed E-state index contributed by atoms with van der Waals surface area (Å²) in [7, 11) is -3.63. The number of hydrogen-bond donors (Lipinski definition) is 2. The zero-order chi connectivity index (χ0) is 16.0. The maximum atomic E-state index is 13.4. The van der Waals surface area contributed by atoms with Gasteiger partial charge in [-0.25, -0.2) is 17.5 Å². The number of hydrogen-bond acceptors (Lipinski definition) is 3. The third kappa shape index (κ3) is 5.73. The first-order valence-electron chi connectivity index (χ1n) is 7.27. The first kappa shape index (κ1) is 18.1. The Kier molecular flexibility index (Phi) is 6.77. The van der Waals surface area contributed by atoms with E-state index in [4.69, 9.17) is 5.73 Å². The van der Waals surface area contributed by atoms with E-state index >= 15 is 0 Å². The fraction of sp³-hybridized carbons (Fsp3) is 0.600. The first-order valence-corrected chi connectivity index (χ1v) is 8.75. The van der Waals surface area contributed by atoms with Crippen molar-refractivity contribution >= 4 is 10.0 Å². The van der Waals surface area contributed by atoms with Crippen molar-refractivity contribution in [1.82, 2.24) is 4.72 Å². The molecule has 0 aliphatic heterocycles. The third-order valence-electron chi connectivity index (χ3n) is 3.32. The molecule has 21 heavy (non-hydrogen) atoms. The molecule has 1 unspecified atom stereocenters. The van der Waals surface area contributed by atoms with Crippen LogP contribution < -0.4 is 10.5 Å². The predicted molar refractivity (Wildman–Crippen MR) is 82.8 cm³/mol. The molecule has 0 aromatic heterocycles. The first-order chi connectivity index (χ1) is 9.76. The van der Waals surface area contributed by atoms with Gasteiger partial charge in [0.15, 0.2) is 0 Å². The number of benzene rings is 1. The van der Waals surface area contributed by atoms with E-state index in [-0.39, 0.29) is 23.0 Å². The van der Waals surface area contributed by atoms with E-state index in [0.29, 0.717) is 5.92 Å². The highest BCUT2D eigenvalue weighted by molar-refractivity contribution is 7.89. The second kappa shape index (κ2) is 7.87. The Labute approximate surface area is 127 Å². The van der Waals surface area contributed by atoms with Gasteiger partial charge in [0, 0.05) is 18.2 Å². The molecule has 3 N–H and O–H groups in total. The minimum Gasteiger partial charge on any atom is -0.326 e. The SMILES string of the molecule is CC(C)CCCC(C)NS(=O)(=O)c1ccc(F)c(CN)c1. The van der Waals surface area contributed by atoms with Gasteiger partial charge in [0.25, 0.3) is 0 Å². The van der Waals surface area contributed by atoms with Crippen molar-refractivity contribution in [2.24, 2.45) is 11.7 Å². The highest BCUT2D eigenvalue weighted by atomic mass is 32.2. The molecule has 0 saturated carbocycles. The molecule has 0 aliphatic rings. The van der Waals surface area contributed by atoms with E-state index in [0.717, 1.165) is 25.3 Å². The van der Waals surface area contributed by atoms with Crippen molar-refractivity contribution in [3.05, 3.63) is 29.6 Å². The molecule has 120 valence electrons. The van der Waals surface area contributed by atoms with Crippen LogP contribution in [0.15, 0.2) is 23.1 Å². The monoisotopic (exact) mass is 316 g/mol. The van der Waals surface area contributed by atoms with Crippen LogP contribution >= 0.6 is 0 Å². The van der Waals surface area contributed by atoms with Crippen molar-refractivity contribution in [3.8, 4) is 0 Å². The van der Waals surface area contributed by atoms with Crippen LogP contribution in [0.25, 0.3) is 0 Å². The Morgan fingerprint density at radius 3 is 2.48 bits per heavy atom. The van der Waals surface area contributed by atoms with Crippen LogP contribution in [0, 0.1) is 11.7 Å². The van der Waals surface area contributed by atoms with Gasteiger partial charge in [-0.15, -0.1) is 0 Å². The molecule has 0 radical (unpaired) electrons. The minimum absolute atomic E-state index is 0.0286. The summed E-state index contributed by atoms with van der Waals surface area (Å²) in [6, 6.07) is 3.54. The molecule has 1 aromatic rings. The van der Waals surface area contributed by atoms with Gasteiger partial charge in [-0.05, 0) is 37.5 Å². The molecular weight excluding hydrogens is 291 g/mol. The molecule has 0 bridgehead atoms. The summed E-state index contributed by atoms with van der Waals surface area (Å²) < 4.78 is 40.5. The van der Waals surface area contributed by atoms with Gasteiger partial charge in [0.05, 0.1) is 4.90 Å². The Bertz CT molecular complexity index is 559. The Balaban J connectivity index is 2.72. The van der Waals surface area contributed by atoms with E-state index in [1.165, 1.54) is 12.1 Å². The summed E-state index contributed by atoms with van der Waals surface area (Å²) in [5.74, 6) is 0.124. The van der Waals surface area contributed by atoms with Crippen LogP contribution in [-0.4, -0.2) is 14.5 Å². The molecule has 1 aromatic carbocycles. The normalized spacial score (nSPS) is 13.6. The topological polar surface area (TPSA) is 72.2 Å². The highest BCUT2D eigenvalue weighted by Gasteiger charge is 2.18. The molecule has 0 aliphatic carbocycles. The molecule has 0 saturated heterocycles. The van der Waals surface area contributed by atoms with Gasteiger partial charge < -0.3 is 5.73 Å². The average molecular weight is 316 g/mol. The lowest BCUT2D eigenvalue weighted by Gasteiger charge is -2.15. The summed E-state index contributed by atoms with van der Waals surface area (Å²) in [6.07, 6.45) is 2.82. The van der Waals surface area contributed by atoms with Crippen LogP contribution in [0.1, 0.15) is 45.6 Å². The Morgan fingerprint density at radius 1 is 1.24 bits per heavy atom. The zero-order valence-corrected chi connectivity index (χ0v) is 13.7. The third-order valence-corrected chi connectivity index (χ3v) is 4.91. The van der Waals surface area contributed by atoms with Crippen molar-refractivity contribution in [2.75, 3.05) is 0 Å². The largest absolute Gasteiger partial charge is 0.326 e. The number of sulfonamides is 1. The smallest absolute Gasteiger partial charge is 0.240 e. The van der Waals surface area contributed by atoms with Crippen LogP contribution in [0.3, 0.4) is 0 Å². The Hall–Kier alpha value is -0.980. The molecular formula is C15H25FN2O2S. The van der Waals surface area contributed by atoms with Gasteiger partial charge >= 0.3 is 0 Å². The number of nitrogens with two attached hydrogens (primary N) is 1. The van der Waals surface area contributed by atoms with E-state index in [1.54, 1.807) is 0 Å². The molecule has 0 heterocycles. The van der Waals surface area contributed by atoms with Crippen LogP contribution in [-0.2, 0) is 16.6 Å². The molecule has 1 atom stereocenters. The van der Waals surface area contributed by atoms with Crippen LogP contribution in [0.5, 0.6) is 0 Å². The summed E-state index contributed by atoms with van der Waals surface area (Å²) in [4.78, 5) is 0.0556. The molecule has 1 rings (SSSR count). The zero-order valence-electron chi connectivity index (χ0n) is 12.9. The fourth-order valence-corrected chi connectivity index (χ4v) is 3.43. The molecule has 6 heteroatoms. The molecule has 0 spiro atoms. The highest BCUT2D eigenvalue weighted by Crippen LogP contribution is 2.16. The van der Waals surface area contributed by atoms with E-state index in [2.05, 4.69) is 18.6 Å². The lowest BCUT2D eigenvalue weighted by atomic mass is 10.0. The van der Waals surface area contributed by atoms with Crippen molar-refractivity contribution in [2.45, 2.75) is 57.5 Å². The van der Waals surface area contributed by atoms with Gasteiger partial charge in [0.1, 0.15) is 5.82 Å². The number of halogens is 1. The van der Waals surface area contributed by atoms with E-state index < -0.39 is 15.8 Å². The fourth-order valence-electron chi connectivity index (χ4n) is 2.10. The predicted octanol–water partition coefficient (Wildman–Crippen LogP) is 2.78. The maximum absolute atomic E-state index is 13.4. The molecule has 4 nitrogen and oxygen atoms in total. The van der Waals surface area contributed by atoms with E-state index in [1.807, 2.05) is 6.92 Å². The number of nitrogens with one attached hydrogen (secondary N) is 1. The maximum Gasteiger partial charge on any atom is 0.240 e. The lowest BCUT2D eigenvalue weighted by Crippen LogP contribution is -2.32. The standard InChI is InChI=1S/C15H25FN2O2S/c1-11(2)5-4-6-12(3)18-21(19,20)14-7-8-15(16)13(9-14)10-17/h7-9,11-12,18H,4-6,10,17H2,1-3H3. The Morgan fingerprint density at radius 2 is 1.90 bits per heavy atom. The van der Waals surface area contributed by atoms with Crippen molar-refractivity contribution in [3.63, 3.8) is 0 Å². The van der Waals surface area contributed by atoms with Crippen LogP contribution in [0.2, 0.25) is 0 Å².